The summed E-state index contributed by atoms with van der Waals surface area (Å²) in [6.45, 7) is 2.32. The maximum Gasteiger partial charge on any atom is 0.251 e. The van der Waals surface area contributed by atoms with Crippen LogP contribution in [0, 0.1) is 0 Å². The Kier molecular flexibility index (Phi) is 6.02. The number of halogens is 1. The minimum Gasteiger partial charge on any atom is -0.481 e. The summed E-state index contributed by atoms with van der Waals surface area (Å²) in [7, 11) is 0. The standard InChI is InChI=1S/C27H22BrN3O3/c1-2-17-7-9-18(10-8-17)27(33)30-15-20-13-24-22(16-31(20)25-12-11-19(28)14-29-25)26(32)21-5-3-4-6-23(21)34-24/h3-14,16,24H,2,15H2,1H3,(H,30,33). The van der Waals surface area contributed by atoms with E-state index in [2.05, 4.69) is 33.2 Å². The van der Waals surface area contributed by atoms with Gasteiger partial charge < -0.3 is 15.0 Å². The molecule has 0 spiro atoms. The van der Waals surface area contributed by atoms with E-state index in [1.165, 1.54) is 5.56 Å². The van der Waals surface area contributed by atoms with Crippen LogP contribution >= 0.6 is 15.9 Å². The molecule has 1 unspecified atom stereocenters. The third-order valence-electron chi connectivity index (χ3n) is 5.89. The smallest absolute Gasteiger partial charge is 0.251 e. The SMILES string of the molecule is CCc1ccc(C(=O)NCC2=CC3Oc4ccccc4C(=O)C3=CN2c2ccc(Br)cn2)cc1. The molecule has 3 aromatic rings. The Bertz CT molecular complexity index is 1310. The number of para-hydroxylation sites is 1. The number of aryl methyl sites for hydroxylation is 1. The predicted molar refractivity (Wildman–Crippen MR) is 134 cm³/mol. The number of pyridine rings is 1. The highest BCUT2D eigenvalue weighted by Gasteiger charge is 2.35. The van der Waals surface area contributed by atoms with E-state index in [0.717, 1.165) is 16.6 Å². The Balaban J connectivity index is 1.44. The van der Waals surface area contributed by atoms with E-state index < -0.39 is 6.10 Å². The Morgan fingerprint density at radius 3 is 2.65 bits per heavy atom. The van der Waals surface area contributed by atoms with Crippen molar-refractivity contribution in [3.63, 3.8) is 0 Å². The van der Waals surface area contributed by atoms with Gasteiger partial charge in [0.25, 0.3) is 5.91 Å². The van der Waals surface area contributed by atoms with Crippen LogP contribution in [-0.2, 0) is 6.42 Å². The summed E-state index contributed by atoms with van der Waals surface area (Å²) in [6.07, 6.45) is 5.70. The number of anilines is 1. The van der Waals surface area contributed by atoms with Gasteiger partial charge >= 0.3 is 0 Å². The summed E-state index contributed by atoms with van der Waals surface area (Å²) >= 11 is 3.41. The number of hydrogen-bond acceptors (Lipinski definition) is 5. The number of Topliss-reactive ketones (excluding diaryl/α,β-unsaturated/α-hetero) is 1. The van der Waals surface area contributed by atoms with Crippen molar-refractivity contribution in [1.29, 1.82) is 0 Å². The van der Waals surface area contributed by atoms with Crippen molar-refractivity contribution in [3.8, 4) is 5.75 Å². The molecule has 6 nitrogen and oxygen atoms in total. The molecule has 1 N–H and O–H groups in total. The van der Waals surface area contributed by atoms with Crippen LogP contribution < -0.4 is 15.0 Å². The minimum absolute atomic E-state index is 0.0793. The number of nitrogens with zero attached hydrogens (tertiary/aromatic N) is 2. The van der Waals surface area contributed by atoms with E-state index in [4.69, 9.17) is 4.74 Å². The number of benzene rings is 2. The lowest BCUT2D eigenvalue weighted by molar-refractivity contribution is 0.0950. The summed E-state index contributed by atoms with van der Waals surface area (Å²) in [6, 6.07) is 18.5. The van der Waals surface area contributed by atoms with Gasteiger partial charge in [-0.1, -0.05) is 31.2 Å². The highest BCUT2D eigenvalue weighted by Crippen LogP contribution is 2.35. The highest BCUT2D eigenvalue weighted by molar-refractivity contribution is 9.10. The number of nitrogens with one attached hydrogen (secondary N) is 1. The fourth-order valence-electron chi connectivity index (χ4n) is 4.01. The number of fused-ring (bicyclic) bond motifs is 2. The Morgan fingerprint density at radius 1 is 1.12 bits per heavy atom. The average Bonchev–Trinajstić information content (AvgIpc) is 2.87. The second-order valence-corrected chi connectivity index (χ2v) is 8.96. The minimum atomic E-state index is -0.537. The maximum atomic E-state index is 13.2. The zero-order valence-corrected chi connectivity index (χ0v) is 20.1. The quantitative estimate of drug-likeness (QED) is 0.513. The number of ketones is 1. The van der Waals surface area contributed by atoms with Gasteiger partial charge in [0.15, 0.2) is 5.78 Å². The fraction of sp³-hybridized carbons (Fsp3) is 0.148. The second-order valence-electron chi connectivity index (χ2n) is 8.04. The molecule has 0 bridgehead atoms. The predicted octanol–water partition coefficient (Wildman–Crippen LogP) is 5.07. The number of ether oxygens (including phenoxy) is 1. The molecule has 2 aliphatic heterocycles. The molecule has 0 radical (unpaired) electrons. The van der Waals surface area contributed by atoms with Crippen LogP contribution in [0.15, 0.2) is 94.9 Å². The normalized spacial score (nSPS) is 16.6. The first-order valence-electron chi connectivity index (χ1n) is 11.0. The number of carbonyl (C=O) groups excluding carboxylic acids is 2. The Hall–Kier alpha value is -3.71. The lowest BCUT2D eigenvalue weighted by Crippen LogP contribution is -2.39. The van der Waals surface area contributed by atoms with Gasteiger partial charge in [0.1, 0.15) is 17.7 Å². The molecule has 1 atom stereocenters. The van der Waals surface area contributed by atoms with Crippen LogP contribution in [0.3, 0.4) is 0 Å². The zero-order valence-electron chi connectivity index (χ0n) is 18.5. The third-order valence-corrected chi connectivity index (χ3v) is 6.36. The summed E-state index contributed by atoms with van der Waals surface area (Å²) in [4.78, 5) is 32.3. The van der Waals surface area contributed by atoms with Gasteiger partial charge in [0, 0.05) is 28.1 Å². The van der Waals surface area contributed by atoms with Crippen LogP contribution in [0.25, 0.3) is 0 Å². The van der Waals surface area contributed by atoms with Crippen LogP contribution in [0.5, 0.6) is 5.75 Å². The zero-order chi connectivity index (χ0) is 23.7. The van der Waals surface area contributed by atoms with E-state index in [1.807, 2.05) is 59.5 Å². The van der Waals surface area contributed by atoms with Gasteiger partial charge in [-0.2, -0.15) is 0 Å². The van der Waals surface area contributed by atoms with E-state index >= 15 is 0 Å². The van der Waals surface area contributed by atoms with Crippen molar-refractivity contribution in [2.45, 2.75) is 19.4 Å². The highest BCUT2D eigenvalue weighted by atomic mass is 79.9. The fourth-order valence-corrected chi connectivity index (χ4v) is 4.24. The van der Waals surface area contributed by atoms with Gasteiger partial charge in [0.2, 0.25) is 0 Å². The average molecular weight is 516 g/mol. The molecule has 0 saturated heterocycles. The van der Waals surface area contributed by atoms with Gasteiger partial charge in [-0.15, -0.1) is 0 Å². The van der Waals surface area contributed by atoms with Crippen molar-refractivity contribution >= 4 is 33.4 Å². The number of aromatic nitrogens is 1. The molecular weight excluding hydrogens is 494 g/mol. The topological polar surface area (TPSA) is 71.5 Å². The van der Waals surface area contributed by atoms with E-state index in [9.17, 15) is 9.59 Å². The third kappa shape index (κ3) is 4.26. The molecule has 0 fully saturated rings. The number of hydrogen-bond donors (Lipinski definition) is 1. The Labute approximate surface area is 206 Å². The molecule has 170 valence electrons. The van der Waals surface area contributed by atoms with Crippen LogP contribution in [0.1, 0.15) is 33.2 Å². The van der Waals surface area contributed by atoms with E-state index in [-0.39, 0.29) is 18.2 Å². The molecule has 34 heavy (non-hydrogen) atoms. The number of carbonyl (C=O) groups is 2. The molecule has 5 rings (SSSR count). The molecule has 2 aromatic carbocycles. The van der Waals surface area contributed by atoms with Gasteiger partial charge in [-0.3, -0.25) is 9.59 Å². The summed E-state index contributed by atoms with van der Waals surface area (Å²) in [5, 5.41) is 2.99. The van der Waals surface area contributed by atoms with Crippen LogP contribution in [0.2, 0.25) is 0 Å². The Morgan fingerprint density at radius 2 is 1.91 bits per heavy atom. The molecule has 2 aliphatic rings. The molecule has 3 heterocycles. The van der Waals surface area contributed by atoms with Crippen molar-refractivity contribution in [2.24, 2.45) is 0 Å². The number of amides is 1. The van der Waals surface area contributed by atoms with Gasteiger partial charge in [-0.25, -0.2) is 4.98 Å². The second kappa shape index (κ2) is 9.27. The first-order valence-corrected chi connectivity index (χ1v) is 11.8. The summed E-state index contributed by atoms with van der Waals surface area (Å²) < 4.78 is 6.97. The largest absolute Gasteiger partial charge is 0.481 e. The lowest BCUT2D eigenvalue weighted by Gasteiger charge is -2.34. The van der Waals surface area contributed by atoms with Crippen molar-refractivity contribution in [1.82, 2.24) is 10.3 Å². The maximum absolute atomic E-state index is 13.2. The molecular formula is C27H22BrN3O3. The molecule has 1 aromatic heterocycles. The van der Waals surface area contributed by atoms with E-state index in [0.29, 0.717) is 28.3 Å². The van der Waals surface area contributed by atoms with Crippen LogP contribution in [0.4, 0.5) is 5.82 Å². The molecule has 0 saturated carbocycles. The summed E-state index contributed by atoms with van der Waals surface area (Å²) in [5.41, 5.74) is 3.59. The molecule has 0 aliphatic carbocycles. The molecule has 7 heteroatoms. The van der Waals surface area contributed by atoms with Gasteiger partial charge in [0.05, 0.1) is 17.7 Å². The lowest BCUT2D eigenvalue weighted by atomic mass is 9.93. The molecule has 1 amide bonds. The van der Waals surface area contributed by atoms with Crippen LogP contribution in [-0.4, -0.2) is 29.3 Å². The van der Waals surface area contributed by atoms with Crippen molar-refractivity contribution in [3.05, 3.63) is 112 Å². The van der Waals surface area contributed by atoms with Crippen molar-refractivity contribution in [2.75, 3.05) is 11.4 Å². The summed E-state index contributed by atoms with van der Waals surface area (Å²) in [5.74, 6) is 0.937. The van der Waals surface area contributed by atoms with Crippen molar-refractivity contribution < 1.29 is 14.3 Å². The van der Waals surface area contributed by atoms with Gasteiger partial charge in [-0.05, 0) is 70.4 Å². The first-order chi connectivity index (χ1) is 16.5. The monoisotopic (exact) mass is 515 g/mol. The number of rotatable bonds is 5. The first kappa shape index (κ1) is 22.1. The van der Waals surface area contributed by atoms with E-state index in [1.54, 1.807) is 24.5 Å².